The molecule has 0 spiro atoms. The van der Waals surface area contributed by atoms with Gasteiger partial charge in [-0.1, -0.05) is 47.5 Å². The zero-order valence-corrected chi connectivity index (χ0v) is 19.9. The summed E-state index contributed by atoms with van der Waals surface area (Å²) in [7, 11) is 0. The van der Waals surface area contributed by atoms with Crippen LogP contribution < -0.4 is 10.9 Å². The number of hydrogen-bond acceptors (Lipinski definition) is 4. The smallest absolute Gasteiger partial charge is 0.280 e. The van der Waals surface area contributed by atoms with E-state index in [1.54, 1.807) is 11.6 Å². The van der Waals surface area contributed by atoms with Crippen molar-refractivity contribution in [3.63, 3.8) is 0 Å². The molecule has 3 heterocycles. The molecule has 0 aliphatic carbocycles. The normalized spacial score (nSPS) is 11.2. The van der Waals surface area contributed by atoms with Gasteiger partial charge in [-0.15, -0.1) is 0 Å². The molecule has 0 saturated carbocycles. The van der Waals surface area contributed by atoms with Crippen molar-refractivity contribution in [2.75, 3.05) is 0 Å². The molecular formula is C27H26N6O2. The summed E-state index contributed by atoms with van der Waals surface area (Å²) in [5.41, 5.74) is 4.83. The van der Waals surface area contributed by atoms with Crippen LogP contribution in [0.15, 0.2) is 77.9 Å². The molecule has 5 aromatic rings. The number of nitrogens with zero attached hydrogens (tertiary/aromatic N) is 5. The number of nitrogens with one attached hydrogen (secondary N) is 1. The van der Waals surface area contributed by atoms with Crippen LogP contribution in [0.1, 0.15) is 22.4 Å². The number of rotatable bonds is 6. The second-order valence-corrected chi connectivity index (χ2v) is 8.70. The summed E-state index contributed by atoms with van der Waals surface area (Å²) in [6.45, 7) is 6.04. The third-order valence-corrected chi connectivity index (χ3v) is 5.95. The molecule has 8 heteroatoms. The summed E-state index contributed by atoms with van der Waals surface area (Å²) >= 11 is 0. The number of carbonyl (C=O) groups excluding carboxylic acids is 1. The van der Waals surface area contributed by atoms with Crippen LogP contribution in [0, 0.1) is 20.8 Å². The van der Waals surface area contributed by atoms with Gasteiger partial charge in [0, 0.05) is 18.9 Å². The molecule has 0 aliphatic heterocycles. The van der Waals surface area contributed by atoms with E-state index in [2.05, 4.69) is 10.4 Å². The van der Waals surface area contributed by atoms with Crippen molar-refractivity contribution in [1.82, 2.24) is 29.4 Å². The van der Waals surface area contributed by atoms with Crippen LogP contribution in [0.4, 0.5) is 0 Å². The molecule has 2 aromatic carbocycles. The van der Waals surface area contributed by atoms with E-state index in [1.807, 2.05) is 91.5 Å². The van der Waals surface area contributed by atoms with Gasteiger partial charge >= 0.3 is 0 Å². The Hall–Kier alpha value is -4.46. The van der Waals surface area contributed by atoms with Gasteiger partial charge in [0.2, 0.25) is 5.91 Å². The summed E-state index contributed by atoms with van der Waals surface area (Å²) in [5.74, 6) is 0.325. The van der Waals surface area contributed by atoms with E-state index in [0.29, 0.717) is 29.0 Å². The number of amides is 1. The van der Waals surface area contributed by atoms with Gasteiger partial charge < -0.3 is 9.88 Å². The number of aromatic nitrogens is 5. The van der Waals surface area contributed by atoms with Crippen molar-refractivity contribution in [3.05, 3.63) is 106 Å². The fourth-order valence-corrected chi connectivity index (χ4v) is 4.05. The van der Waals surface area contributed by atoms with Crippen LogP contribution in [0.3, 0.4) is 0 Å². The minimum Gasteiger partial charge on any atom is -0.350 e. The highest BCUT2D eigenvalue weighted by Gasteiger charge is 2.22. The summed E-state index contributed by atoms with van der Waals surface area (Å²) in [6, 6.07) is 19.7. The molecule has 0 saturated heterocycles. The van der Waals surface area contributed by atoms with Crippen LogP contribution in [-0.2, 0) is 17.9 Å². The molecule has 1 N–H and O–H groups in total. The third kappa shape index (κ3) is 4.38. The Balaban J connectivity index is 1.54. The topological polar surface area (TPSA) is 86.7 Å². The molecule has 0 radical (unpaired) electrons. The van der Waals surface area contributed by atoms with Gasteiger partial charge in [0.1, 0.15) is 17.4 Å². The second-order valence-electron chi connectivity index (χ2n) is 8.70. The van der Waals surface area contributed by atoms with Gasteiger partial charge in [0.15, 0.2) is 5.82 Å². The van der Waals surface area contributed by atoms with E-state index in [-0.39, 0.29) is 18.0 Å². The summed E-state index contributed by atoms with van der Waals surface area (Å²) < 4.78 is 4.83. The van der Waals surface area contributed by atoms with Crippen molar-refractivity contribution in [3.8, 4) is 11.5 Å². The Labute approximate surface area is 202 Å². The van der Waals surface area contributed by atoms with E-state index in [0.717, 1.165) is 22.4 Å². The van der Waals surface area contributed by atoms with Crippen molar-refractivity contribution in [1.29, 1.82) is 0 Å². The third-order valence-electron chi connectivity index (χ3n) is 5.95. The predicted molar refractivity (Wildman–Crippen MR) is 135 cm³/mol. The molecule has 0 bridgehead atoms. The molecule has 5 rings (SSSR count). The molecule has 0 fully saturated rings. The molecule has 0 unspecified atom stereocenters. The Morgan fingerprint density at radius 1 is 0.886 bits per heavy atom. The average molecular weight is 467 g/mol. The zero-order chi connectivity index (χ0) is 24.5. The molecular weight excluding hydrogens is 440 g/mol. The van der Waals surface area contributed by atoms with Crippen molar-refractivity contribution >= 4 is 16.8 Å². The lowest BCUT2D eigenvalue weighted by Gasteiger charge is -2.10. The monoisotopic (exact) mass is 466 g/mol. The molecule has 0 atom stereocenters. The van der Waals surface area contributed by atoms with E-state index >= 15 is 0 Å². The Morgan fingerprint density at radius 3 is 2.17 bits per heavy atom. The van der Waals surface area contributed by atoms with E-state index in [9.17, 15) is 9.59 Å². The largest absolute Gasteiger partial charge is 0.350 e. The Bertz CT molecular complexity index is 1560. The highest BCUT2D eigenvalue weighted by atomic mass is 16.2. The lowest BCUT2D eigenvalue weighted by atomic mass is 10.1. The highest BCUT2D eigenvalue weighted by Crippen LogP contribution is 2.24. The van der Waals surface area contributed by atoms with Gasteiger partial charge in [-0.3, -0.25) is 9.59 Å². The van der Waals surface area contributed by atoms with Crippen molar-refractivity contribution in [2.24, 2.45) is 0 Å². The van der Waals surface area contributed by atoms with Crippen LogP contribution in [0.25, 0.3) is 22.4 Å². The maximum atomic E-state index is 13.6. The number of fused-ring (bicyclic) bond motifs is 1. The second kappa shape index (κ2) is 9.06. The lowest BCUT2D eigenvalue weighted by molar-refractivity contribution is -0.122. The maximum Gasteiger partial charge on any atom is 0.280 e. The predicted octanol–water partition coefficient (Wildman–Crippen LogP) is 3.61. The van der Waals surface area contributed by atoms with Gasteiger partial charge in [-0.05, 0) is 50.6 Å². The Morgan fingerprint density at radius 2 is 1.51 bits per heavy atom. The molecule has 1 amide bonds. The van der Waals surface area contributed by atoms with Gasteiger partial charge in [0.25, 0.3) is 5.56 Å². The van der Waals surface area contributed by atoms with Crippen molar-refractivity contribution in [2.45, 2.75) is 33.9 Å². The lowest BCUT2D eigenvalue weighted by Crippen LogP contribution is -2.34. The highest BCUT2D eigenvalue weighted by molar-refractivity contribution is 5.88. The molecule has 35 heavy (non-hydrogen) atoms. The first-order valence-corrected chi connectivity index (χ1v) is 11.4. The summed E-state index contributed by atoms with van der Waals surface area (Å²) in [4.78, 5) is 26.3. The van der Waals surface area contributed by atoms with Crippen molar-refractivity contribution < 1.29 is 4.79 Å². The van der Waals surface area contributed by atoms with Crippen LogP contribution in [0.5, 0.6) is 0 Å². The Kier molecular flexibility index (Phi) is 5.78. The fraction of sp³-hybridized carbons (Fsp3) is 0.185. The van der Waals surface area contributed by atoms with E-state index in [4.69, 9.17) is 5.10 Å². The minimum atomic E-state index is -0.363. The van der Waals surface area contributed by atoms with E-state index in [1.165, 1.54) is 4.68 Å². The molecule has 3 aromatic heterocycles. The number of aryl methyl sites for hydroxylation is 3. The number of hydrogen-bond donors (Lipinski definition) is 1. The zero-order valence-electron chi connectivity index (χ0n) is 19.9. The first-order valence-electron chi connectivity index (χ1n) is 11.4. The first kappa shape index (κ1) is 22.3. The van der Waals surface area contributed by atoms with Gasteiger partial charge in [0.05, 0.1) is 11.4 Å². The fourth-order valence-electron chi connectivity index (χ4n) is 4.05. The van der Waals surface area contributed by atoms with Gasteiger partial charge in [-0.25, -0.2) is 9.36 Å². The molecule has 0 aliphatic rings. The standard InChI is InChI=1S/C27H26N6O2/c1-18-6-10-21(11-7-18)16-28-23(34)17-32-27(35)24-25(20(3)29-32)30-33(22-12-8-19(2)9-13-22)26(24)31-14-4-5-15-31/h4-15H,16-17H2,1-3H3,(H,28,34). The summed E-state index contributed by atoms with van der Waals surface area (Å²) in [5, 5.41) is 12.5. The molecule has 176 valence electrons. The van der Waals surface area contributed by atoms with E-state index < -0.39 is 0 Å². The SMILES string of the molecule is Cc1ccc(CNC(=O)Cn2nc(C)c3nn(-c4ccc(C)cc4)c(-n4cccc4)c3c2=O)cc1. The average Bonchev–Trinajstić information content (AvgIpc) is 3.51. The van der Waals surface area contributed by atoms with Gasteiger partial charge in [-0.2, -0.15) is 10.2 Å². The molecule has 8 nitrogen and oxygen atoms in total. The van der Waals surface area contributed by atoms with Crippen LogP contribution >= 0.6 is 0 Å². The quantitative estimate of drug-likeness (QED) is 0.414. The number of carbonyl (C=O) groups is 1. The maximum absolute atomic E-state index is 13.6. The number of benzene rings is 2. The van der Waals surface area contributed by atoms with Crippen LogP contribution in [-0.4, -0.2) is 30.0 Å². The minimum absolute atomic E-state index is 0.178. The van der Waals surface area contributed by atoms with Crippen LogP contribution in [0.2, 0.25) is 0 Å². The summed E-state index contributed by atoms with van der Waals surface area (Å²) in [6.07, 6.45) is 3.74. The first-order chi connectivity index (χ1) is 16.9.